The molecule has 2 unspecified atom stereocenters. The fraction of sp³-hybridized carbons (Fsp3) is 0.500. The van der Waals surface area contributed by atoms with Crippen molar-refractivity contribution in [2.75, 3.05) is 31.9 Å². The topological polar surface area (TPSA) is 77.0 Å². The second-order valence-electron chi connectivity index (χ2n) is 11.9. The molecule has 10 heteroatoms. The third-order valence-electron chi connectivity index (χ3n) is 7.76. The average molecular weight is 586 g/mol. The minimum Gasteiger partial charge on any atom is -0.467 e. The first kappa shape index (κ1) is 27.4. The lowest BCUT2D eigenvalue weighted by Gasteiger charge is -2.42. The Balaban J connectivity index is 1.33. The van der Waals surface area contributed by atoms with Crippen LogP contribution in [0, 0.1) is 0 Å². The molecule has 1 aliphatic carbocycles. The first-order chi connectivity index (χ1) is 19.1. The Morgan fingerprint density at radius 2 is 1.77 bits per heavy atom. The van der Waals surface area contributed by atoms with Gasteiger partial charge in [0.2, 0.25) is 0 Å². The molecule has 0 radical (unpaired) electrons. The number of hydrogen-bond acceptors (Lipinski definition) is 7. The van der Waals surface area contributed by atoms with Crippen LogP contribution in [0.3, 0.4) is 0 Å². The van der Waals surface area contributed by atoms with E-state index in [-0.39, 0.29) is 25.0 Å². The van der Waals surface area contributed by atoms with Crippen LogP contribution in [0.5, 0.6) is 5.75 Å². The highest BCUT2D eigenvalue weighted by Gasteiger charge is 2.45. The summed E-state index contributed by atoms with van der Waals surface area (Å²) in [6, 6.07) is 7.90. The number of nitrogens with zero attached hydrogens (tertiary/aromatic N) is 4. The Labute approximate surface area is 244 Å². The van der Waals surface area contributed by atoms with Crippen LogP contribution in [0.15, 0.2) is 30.5 Å². The van der Waals surface area contributed by atoms with E-state index in [9.17, 15) is 4.79 Å². The summed E-state index contributed by atoms with van der Waals surface area (Å²) in [7, 11) is 1.59. The molecule has 40 heavy (non-hydrogen) atoms. The zero-order valence-corrected chi connectivity index (χ0v) is 24.8. The van der Waals surface area contributed by atoms with Crippen molar-refractivity contribution in [1.82, 2.24) is 14.9 Å². The fourth-order valence-electron chi connectivity index (χ4n) is 5.98. The van der Waals surface area contributed by atoms with E-state index in [4.69, 9.17) is 47.4 Å². The van der Waals surface area contributed by atoms with Crippen molar-refractivity contribution in [3.8, 4) is 17.0 Å². The number of rotatable bonds is 6. The lowest BCUT2D eigenvalue weighted by molar-refractivity contribution is 0.0123. The Hall–Kier alpha value is -2.81. The van der Waals surface area contributed by atoms with Gasteiger partial charge in [-0.2, -0.15) is 0 Å². The van der Waals surface area contributed by atoms with E-state index in [0.717, 1.165) is 59.1 Å². The summed E-state index contributed by atoms with van der Waals surface area (Å²) < 4.78 is 16.5. The number of hydrogen-bond donors (Lipinski definition) is 0. The van der Waals surface area contributed by atoms with Crippen LogP contribution in [0.1, 0.15) is 57.9 Å². The highest BCUT2D eigenvalue weighted by atomic mass is 35.5. The smallest absolute Gasteiger partial charge is 0.410 e. The molecule has 3 aliphatic rings. The number of ether oxygens (including phenoxy) is 3. The van der Waals surface area contributed by atoms with Gasteiger partial charge in [0.05, 0.1) is 17.8 Å². The maximum Gasteiger partial charge on any atom is 0.410 e. The number of benzene rings is 1. The maximum absolute atomic E-state index is 13.0. The summed E-state index contributed by atoms with van der Waals surface area (Å²) in [6.07, 6.45) is 5.73. The Kier molecular flexibility index (Phi) is 7.21. The van der Waals surface area contributed by atoms with Crippen LogP contribution < -0.4 is 9.64 Å². The van der Waals surface area contributed by atoms with Gasteiger partial charge in [0.25, 0.3) is 0 Å². The molecule has 2 saturated heterocycles. The Bertz CT molecular complexity index is 1440. The molecule has 0 spiro atoms. The molecule has 2 bridgehead atoms. The van der Waals surface area contributed by atoms with Crippen molar-refractivity contribution >= 4 is 45.9 Å². The summed E-state index contributed by atoms with van der Waals surface area (Å²) in [5.74, 6) is 1.85. The lowest BCUT2D eigenvalue weighted by Crippen LogP contribution is -2.57. The van der Waals surface area contributed by atoms with Crippen molar-refractivity contribution in [2.24, 2.45) is 0 Å². The minimum absolute atomic E-state index is 0.0646. The average Bonchev–Trinajstić information content (AvgIpc) is 3.69. The van der Waals surface area contributed by atoms with E-state index in [1.165, 1.54) is 0 Å². The number of anilines is 1. The predicted molar refractivity (Wildman–Crippen MR) is 157 cm³/mol. The second-order valence-corrected chi connectivity index (χ2v) is 12.7. The minimum atomic E-state index is -0.527. The second kappa shape index (κ2) is 10.5. The van der Waals surface area contributed by atoms with Crippen LogP contribution in [0.4, 0.5) is 10.6 Å². The molecule has 1 aromatic carbocycles. The quantitative estimate of drug-likeness (QED) is 0.227. The van der Waals surface area contributed by atoms with Gasteiger partial charge in [0.1, 0.15) is 22.3 Å². The number of halogens is 2. The highest BCUT2D eigenvalue weighted by Crippen LogP contribution is 2.49. The zero-order valence-electron chi connectivity index (χ0n) is 23.2. The van der Waals surface area contributed by atoms with E-state index >= 15 is 0 Å². The van der Waals surface area contributed by atoms with Gasteiger partial charge in [-0.15, -0.1) is 0 Å². The van der Waals surface area contributed by atoms with Gasteiger partial charge >= 0.3 is 6.09 Å². The summed E-state index contributed by atoms with van der Waals surface area (Å²) in [5, 5.41) is 2.96. The molecule has 1 amide bonds. The summed E-state index contributed by atoms with van der Waals surface area (Å²) in [4.78, 5) is 26.7. The molecule has 3 fully saturated rings. The van der Waals surface area contributed by atoms with E-state index < -0.39 is 5.60 Å². The largest absolute Gasteiger partial charge is 0.467 e. The van der Waals surface area contributed by atoms with E-state index in [0.29, 0.717) is 34.9 Å². The Morgan fingerprint density at radius 3 is 2.42 bits per heavy atom. The number of piperazine rings is 1. The lowest BCUT2D eigenvalue weighted by atomic mass is 9.98. The predicted octanol–water partition coefficient (Wildman–Crippen LogP) is 7.05. The molecule has 4 heterocycles. The number of carbonyl (C=O) groups excluding carboxylic acids is 1. The van der Waals surface area contributed by atoms with Crippen LogP contribution in [-0.4, -0.2) is 65.6 Å². The standard InChI is InChI=1S/C30H34Cl2N4O4/c1-30(2,3)40-29(37)36-19-7-8-20(36)15-35(14-19)28-23-13-33-25(9-18(23)10-26(32)34-28)22-11-21(39-16-38-4)12-24(31)27(22)17-5-6-17/h9-13,17,19-20H,5-8,14-16H2,1-4H3. The van der Waals surface area contributed by atoms with Crippen LogP contribution >= 0.6 is 23.2 Å². The third kappa shape index (κ3) is 5.41. The van der Waals surface area contributed by atoms with E-state index in [2.05, 4.69) is 11.0 Å². The van der Waals surface area contributed by atoms with Crippen molar-refractivity contribution in [3.63, 3.8) is 0 Å². The molecule has 1 saturated carbocycles. The van der Waals surface area contributed by atoms with Gasteiger partial charge in [0, 0.05) is 42.4 Å². The molecule has 212 valence electrons. The van der Waals surface area contributed by atoms with Gasteiger partial charge in [-0.25, -0.2) is 9.78 Å². The van der Waals surface area contributed by atoms with Gasteiger partial charge < -0.3 is 19.1 Å². The van der Waals surface area contributed by atoms with Crippen molar-refractivity contribution in [1.29, 1.82) is 0 Å². The number of carbonyl (C=O) groups is 1. The molecular formula is C30H34Cl2N4O4. The maximum atomic E-state index is 13.0. The highest BCUT2D eigenvalue weighted by molar-refractivity contribution is 6.32. The first-order valence-corrected chi connectivity index (χ1v) is 14.5. The van der Waals surface area contributed by atoms with Crippen molar-refractivity contribution < 1.29 is 19.0 Å². The van der Waals surface area contributed by atoms with Gasteiger partial charge in [-0.3, -0.25) is 9.88 Å². The van der Waals surface area contributed by atoms with Gasteiger partial charge in [-0.05, 0) is 87.6 Å². The molecule has 2 aromatic heterocycles. The monoisotopic (exact) mass is 584 g/mol. The van der Waals surface area contributed by atoms with Gasteiger partial charge in [0.15, 0.2) is 6.79 Å². The van der Waals surface area contributed by atoms with Crippen LogP contribution in [0.25, 0.3) is 22.0 Å². The van der Waals surface area contributed by atoms with Crippen LogP contribution in [-0.2, 0) is 9.47 Å². The van der Waals surface area contributed by atoms with E-state index in [1.54, 1.807) is 7.11 Å². The number of aromatic nitrogens is 2. The SMILES string of the molecule is COCOc1cc(Cl)c(C2CC2)c(-c2cc3cc(Cl)nc(N4CC5CCC(C4)N5C(=O)OC(C)(C)C)c3cn2)c1. The molecule has 6 rings (SSSR count). The summed E-state index contributed by atoms with van der Waals surface area (Å²) in [5.41, 5.74) is 2.35. The zero-order chi connectivity index (χ0) is 28.2. The number of pyridine rings is 2. The van der Waals surface area contributed by atoms with Crippen molar-refractivity contribution in [2.45, 2.75) is 70.1 Å². The summed E-state index contributed by atoms with van der Waals surface area (Å²) >= 11 is 13.3. The molecular weight excluding hydrogens is 551 g/mol. The normalized spacial score (nSPS) is 20.8. The molecule has 2 atom stereocenters. The number of amides is 1. The Morgan fingerprint density at radius 1 is 1.05 bits per heavy atom. The molecule has 3 aromatic rings. The number of methoxy groups -OCH3 is 1. The summed E-state index contributed by atoms with van der Waals surface area (Å²) in [6.45, 7) is 7.17. The fourth-order valence-corrected chi connectivity index (χ4v) is 6.54. The van der Waals surface area contributed by atoms with Crippen LogP contribution in [0.2, 0.25) is 10.2 Å². The first-order valence-electron chi connectivity index (χ1n) is 13.8. The number of fused-ring (bicyclic) bond motifs is 3. The third-order valence-corrected chi connectivity index (χ3v) is 8.26. The molecule has 0 N–H and O–H groups in total. The van der Waals surface area contributed by atoms with Crippen molar-refractivity contribution in [3.05, 3.63) is 46.2 Å². The van der Waals surface area contributed by atoms with Gasteiger partial charge in [-0.1, -0.05) is 23.2 Å². The molecule has 8 nitrogen and oxygen atoms in total. The molecule has 2 aliphatic heterocycles. The van der Waals surface area contributed by atoms with E-state index in [1.807, 2.05) is 50.1 Å².